The minimum Gasteiger partial charge on any atom is -0.497 e. The molecule has 0 aliphatic rings. The van der Waals surface area contributed by atoms with Gasteiger partial charge < -0.3 is 14.2 Å². The third-order valence-corrected chi connectivity index (χ3v) is 2.72. The van der Waals surface area contributed by atoms with Crippen molar-refractivity contribution >= 4 is 15.9 Å². The average molecular weight is 275 g/mol. The molecular formula is C11H15BrO3. The minimum absolute atomic E-state index is 0.557. The molecule has 0 radical (unpaired) electrons. The Hall–Kier alpha value is -0.580. The van der Waals surface area contributed by atoms with Crippen molar-refractivity contribution in [2.45, 2.75) is 6.61 Å². The molecule has 0 aliphatic heterocycles. The first-order valence-corrected chi connectivity index (χ1v) is 5.46. The Kier molecular flexibility index (Phi) is 5.68. The zero-order valence-corrected chi connectivity index (χ0v) is 10.5. The molecule has 0 spiro atoms. The highest BCUT2D eigenvalue weighted by molar-refractivity contribution is 9.10. The van der Waals surface area contributed by atoms with Gasteiger partial charge >= 0.3 is 0 Å². The topological polar surface area (TPSA) is 27.7 Å². The number of rotatable bonds is 6. The standard InChI is InChI=1S/C11H15BrO3/c1-13-5-6-15-8-9-7-10(14-2)3-4-11(9)12/h3-4,7H,5-6,8H2,1-2H3. The van der Waals surface area contributed by atoms with Crippen LogP contribution < -0.4 is 4.74 Å². The van der Waals surface area contributed by atoms with Gasteiger partial charge in [-0.15, -0.1) is 0 Å². The molecule has 4 heteroatoms. The SMILES string of the molecule is COCCOCc1cc(OC)ccc1Br. The summed E-state index contributed by atoms with van der Waals surface area (Å²) in [5, 5.41) is 0. The van der Waals surface area contributed by atoms with Gasteiger partial charge in [0, 0.05) is 11.6 Å². The van der Waals surface area contributed by atoms with Gasteiger partial charge in [-0.3, -0.25) is 0 Å². The summed E-state index contributed by atoms with van der Waals surface area (Å²) in [5.74, 6) is 0.837. The normalized spacial score (nSPS) is 10.3. The number of benzene rings is 1. The summed E-state index contributed by atoms with van der Waals surface area (Å²) in [6.45, 7) is 1.77. The van der Waals surface area contributed by atoms with E-state index < -0.39 is 0 Å². The first-order chi connectivity index (χ1) is 7.27. The Morgan fingerprint density at radius 3 is 2.67 bits per heavy atom. The molecule has 0 aliphatic carbocycles. The van der Waals surface area contributed by atoms with Crippen molar-refractivity contribution in [3.63, 3.8) is 0 Å². The molecule has 0 amide bonds. The zero-order valence-electron chi connectivity index (χ0n) is 8.96. The molecule has 0 saturated carbocycles. The molecular weight excluding hydrogens is 260 g/mol. The molecule has 1 aromatic rings. The van der Waals surface area contributed by atoms with Crippen molar-refractivity contribution < 1.29 is 14.2 Å². The summed E-state index contributed by atoms with van der Waals surface area (Å²) in [6, 6.07) is 5.81. The highest BCUT2D eigenvalue weighted by Gasteiger charge is 2.02. The predicted molar refractivity (Wildman–Crippen MR) is 62.2 cm³/mol. The van der Waals surface area contributed by atoms with E-state index >= 15 is 0 Å². The van der Waals surface area contributed by atoms with E-state index in [2.05, 4.69) is 15.9 Å². The van der Waals surface area contributed by atoms with Gasteiger partial charge in [0.1, 0.15) is 5.75 Å². The summed E-state index contributed by atoms with van der Waals surface area (Å²) in [5.41, 5.74) is 1.07. The van der Waals surface area contributed by atoms with Gasteiger partial charge in [0.05, 0.1) is 26.9 Å². The number of methoxy groups -OCH3 is 2. The molecule has 0 aromatic heterocycles. The first kappa shape index (κ1) is 12.5. The zero-order chi connectivity index (χ0) is 11.1. The van der Waals surface area contributed by atoms with Gasteiger partial charge in [0.25, 0.3) is 0 Å². The minimum atomic E-state index is 0.557. The molecule has 0 saturated heterocycles. The van der Waals surface area contributed by atoms with Gasteiger partial charge in [0.15, 0.2) is 0 Å². The number of hydrogen-bond donors (Lipinski definition) is 0. The number of halogens is 1. The van der Waals surface area contributed by atoms with E-state index in [1.165, 1.54) is 0 Å². The van der Waals surface area contributed by atoms with E-state index in [0.717, 1.165) is 15.8 Å². The van der Waals surface area contributed by atoms with Crippen LogP contribution in [0.1, 0.15) is 5.56 Å². The lowest BCUT2D eigenvalue weighted by atomic mass is 10.2. The number of hydrogen-bond acceptors (Lipinski definition) is 3. The smallest absolute Gasteiger partial charge is 0.119 e. The van der Waals surface area contributed by atoms with E-state index in [4.69, 9.17) is 14.2 Å². The van der Waals surface area contributed by atoms with E-state index in [1.807, 2.05) is 18.2 Å². The van der Waals surface area contributed by atoms with E-state index in [0.29, 0.717) is 19.8 Å². The van der Waals surface area contributed by atoms with Crippen LogP contribution in [-0.4, -0.2) is 27.4 Å². The van der Waals surface area contributed by atoms with Crippen LogP contribution in [0.3, 0.4) is 0 Å². The van der Waals surface area contributed by atoms with Crippen LogP contribution in [0.15, 0.2) is 22.7 Å². The predicted octanol–water partition coefficient (Wildman–Crippen LogP) is 2.62. The first-order valence-electron chi connectivity index (χ1n) is 4.67. The lowest BCUT2D eigenvalue weighted by molar-refractivity contribution is 0.0613. The number of ether oxygens (including phenoxy) is 3. The van der Waals surface area contributed by atoms with Crippen LogP contribution in [0, 0.1) is 0 Å². The fourth-order valence-corrected chi connectivity index (χ4v) is 1.47. The second kappa shape index (κ2) is 6.82. The van der Waals surface area contributed by atoms with Crippen molar-refractivity contribution in [2.24, 2.45) is 0 Å². The van der Waals surface area contributed by atoms with Crippen LogP contribution in [0.5, 0.6) is 5.75 Å². The Bertz CT molecular complexity index is 302. The molecule has 84 valence electrons. The fourth-order valence-electron chi connectivity index (χ4n) is 1.11. The second-order valence-electron chi connectivity index (χ2n) is 3.00. The second-order valence-corrected chi connectivity index (χ2v) is 3.86. The average Bonchev–Trinajstić information content (AvgIpc) is 2.26. The summed E-state index contributed by atoms with van der Waals surface area (Å²) >= 11 is 3.46. The van der Waals surface area contributed by atoms with Crippen molar-refractivity contribution in [1.82, 2.24) is 0 Å². The molecule has 0 bridgehead atoms. The third kappa shape index (κ3) is 4.20. The summed E-state index contributed by atoms with van der Waals surface area (Å²) in [7, 11) is 3.31. The monoisotopic (exact) mass is 274 g/mol. The van der Waals surface area contributed by atoms with Crippen molar-refractivity contribution in [1.29, 1.82) is 0 Å². The lowest BCUT2D eigenvalue weighted by Gasteiger charge is -2.08. The molecule has 1 aromatic carbocycles. The van der Waals surface area contributed by atoms with Crippen molar-refractivity contribution in [3.8, 4) is 5.75 Å². The van der Waals surface area contributed by atoms with E-state index in [1.54, 1.807) is 14.2 Å². The summed E-state index contributed by atoms with van der Waals surface area (Å²) in [6.07, 6.45) is 0. The van der Waals surface area contributed by atoms with Crippen molar-refractivity contribution in [3.05, 3.63) is 28.2 Å². The molecule has 0 heterocycles. The molecule has 3 nitrogen and oxygen atoms in total. The maximum Gasteiger partial charge on any atom is 0.119 e. The van der Waals surface area contributed by atoms with Gasteiger partial charge in [-0.1, -0.05) is 15.9 Å². The summed E-state index contributed by atoms with van der Waals surface area (Å²) < 4.78 is 16.5. The van der Waals surface area contributed by atoms with Gasteiger partial charge in [-0.2, -0.15) is 0 Å². The van der Waals surface area contributed by atoms with Gasteiger partial charge in [0.2, 0.25) is 0 Å². The Balaban J connectivity index is 2.51. The summed E-state index contributed by atoms with van der Waals surface area (Å²) in [4.78, 5) is 0. The Morgan fingerprint density at radius 1 is 1.20 bits per heavy atom. The highest BCUT2D eigenvalue weighted by atomic mass is 79.9. The Labute approximate surface area is 98.5 Å². The Morgan fingerprint density at radius 2 is 2.00 bits per heavy atom. The van der Waals surface area contributed by atoms with Crippen LogP contribution in [-0.2, 0) is 16.1 Å². The van der Waals surface area contributed by atoms with E-state index in [9.17, 15) is 0 Å². The van der Waals surface area contributed by atoms with Crippen LogP contribution in [0.2, 0.25) is 0 Å². The maximum atomic E-state index is 5.43. The molecule has 0 N–H and O–H groups in total. The van der Waals surface area contributed by atoms with Crippen molar-refractivity contribution in [2.75, 3.05) is 27.4 Å². The molecule has 0 atom stereocenters. The van der Waals surface area contributed by atoms with Crippen LogP contribution in [0.25, 0.3) is 0 Å². The molecule has 1 rings (SSSR count). The third-order valence-electron chi connectivity index (χ3n) is 1.94. The lowest BCUT2D eigenvalue weighted by Crippen LogP contribution is -2.02. The van der Waals surface area contributed by atoms with Crippen LogP contribution in [0.4, 0.5) is 0 Å². The van der Waals surface area contributed by atoms with Crippen LogP contribution >= 0.6 is 15.9 Å². The molecule has 0 fully saturated rings. The fraction of sp³-hybridized carbons (Fsp3) is 0.455. The van der Waals surface area contributed by atoms with Gasteiger partial charge in [-0.25, -0.2) is 0 Å². The van der Waals surface area contributed by atoms with E-state index in [-0.39, 0.29) is 0 Å². The molecule has 15 heavy (non-hydrogen) atoms. The quantitative estimate of drug-likeness (QED) is 0.747. The largest absolute Gasteiger partial charge is 0.497 e. The maximum absolute atomic E-state index is 5.43. The highest BCUT2D eigenvalue weighted by Crippen LogP contribution is 2.22. The van der Waals surface area contributed by atoms with Gasteiger partial charge in [-0.05, 0) is 23.8 Å². The molecule has 0 unspecified atom stereocenters.